The van der Waals surface area contributed by atoms with Gasteiger partial charge in [-0.3, -0.25) is 14.5 Å². The maximum Gasteiger partial charge on any atom is 0.253 e. The highest BCUT2D eigenvalue weighted by Crippen LogP contribution is 2.33. The molecule has 3 aromatic carbocycles. The average Bonchev–Trinajstić information content (AvgIpc) is 3.42. The zero-order chi connectivity index (χ0) is 26.8. The number of ether oxygens (including phenoxy) is 1. The molecule has 1 aliphatic heterocycles. The minimum Gasteiger partial charge on any atom is -0.497 e. The van der Waals surface area contributed by atoms with E-state index < -0.39 is 0 Å². The highest BCUT2D eigenvalue weighted by Gasteiger charge is 2.30. The van der Waals surface area contributed by atoms with E-state index in [1.54, 1.807) is 24.6 Å². The van der Waals surface area contributed by atoms with E-state index in [1.165, 1.54) is 0 Å². The molecule has 0 spiro atoms. The fourth-order valence-electron chi connectivity index (χ4n) is 5.18. The van der Waals surface area contributed by atoms with Gasteiger partial charge in [-0.1, -0.05) is 48.5 Å². The molecule has 39 heavy (non-hydrogen) atoms. The summed E-state index contributed by atoms with van der Waals surface area (Å²) in [6.07, 6.45) is 1.66. The number of hydrogen-bond donors (Lipinski definition) is 1. The first kappa shape index (κ1) is 25.0. The quantitative estimate of drug-likeness (QED) is 0.323. The lowest BCUT2D eigenvalue weighted by Gasteiger charge is -2.39. The number of hydrogen-bond acceptors (Lipinski definition) is 6. The Hall–Kier alpha value is -4.27. The molecule has 2 aromatic heterocycles. The Morgan fingerprint density at radius 2 is 1.77 bits per heavy atom. The fraction of sp³-hybridized carbons (Fsp3) is 0.194. The second kappa shape index (κ2) is 10.8. The molecular weight excluding hydrogens is 508 g/mol. The van der Waals surface area contributed by atoms with E-state index in [0.29, 0.717) is 37.3 Å². The number of pyridine rings is 1. The molecule has 8 heteroatoms. The number of methoxy groups -OCH3 is 1. The maximum atomic E-state index is 13.5. The number of benzene rings is 3. The number of rotatable bonds is 6. The van der Waals surface area contributed by atoms with Gasteiger partial charge in [0.1, 0.15) is 10.8 Å². The van der Waals surface area contributed by atoms with Gasteiger partial charge in [0.25, 0.3) is 11.5 Å². The van der Waals surface area contributed by atoms with Gasteiger partial charge >= 0.3 is 0 Å². The van der Waals surface area contributed by atoms with Crippen LogP contribution in [0.15, 0.2) is 95.9 Å². The van der Waals surface area contributed by atoms with Crippen molar-refractivity contribution in [1.29, 1.82) is 0 Å². The molecule has 7 nitrogen and oxygen atoms in total. The van der Waals surface area contributed by atoms with E-state index in [0.717, 1.165) is 32.1 Å². The first-order valence-corrected chi connectivity index (χ1v) is 13.7. The smallest absolute Gasteiger partial charge is 0.253 e. The molecule has 1 aliphatic rings. The molecule has 1 saturated heterocycles. The molecule has 6 rings (SSSR count). The summed E-state index contributed by atoms with van der Waals surface area (Å²) in [4.78, 5) is 38.0. The van der Waals surface area contributed by atoms with E-state index in [-0.39, 0.29) is 17.5 Å². The van der Waals surface area contributed by atoms with Crippen molar-refractivity contribution < 1.29 is 9.53 Å². The third-order valence-electron chi connectivity index (χ3n) is 7.18. The minimum atomic E-state index is -0.172. The minimum absolute atomic E-state index is 0.00750. The number of fused-ring (bicyclic) bond motifs is 1. The molecule has 5 aromatic rings. The maximum absolute atomic E-state index is 13.5. The van der Waals surface area contributed by atoms with Crippen LogP contribution in [0.1, 0.15) is 27.5 Å². The number of H-pyrrole nitrogens is 1. The van der Waals surface area contributed by atoms with Crippen LogP contribution < -0.4 is 10.3 Å². The monoisotopic (exact) mass is 536 g/mol. The molecule has 1 unspecified atom stereocenters. The topological polar surface area (TPSA) is 78.5 Å². The summed E-state index contributed by atoms with van der Waals surface area (Å²) in [5.74, 6) is 0.806. The van der Waals surface area contributed by atoms with E-state index >= 15 is 0 Å². The Bertz CT molecular complexity index is 1670. The van der Waals surface area contributed by atoms with Crippen LogP contribution >= 0.6 is 11.3 Å². The first-order valence-electron chi connectivity index (χ1n) is 12.9. The van der Waals surface area contributed by atoms with Crippen LogP contribution in [-0.2, 0) is 0 Å². The second-order valence-corrected chi connectivity index (χ2v) is 10.6. The summed E-state index contributed by atoms with van der Waals surface area (Å²) in [6, 6.07) is 27.2. The van der Waals surface area contributed by atoms with Crippen LogP contribution in [0.25, 0.3) is 20.8 Å². The summed E-state index contributed by atoms with van der Waals surface area (Å²) in [7, 11) is 1.65. The number of aromatic nitrogens is 2. The standard InChI is InChI=1S/C31H28N4O3S/c1-38-24-12-13-26-27(20-24)39-30(33-26)22-9-5-10-23(19-22)31(37)35-17-15-34(16-18-35)28(21-7-3-2-4-8-21)25-11-6-14-32-29(25)36/h2-14,19-20,28H,15-18H2,1H3,(H,32,36). The second-order valence-electron chi connectivity index (χ2n) is 9.53. The van der Waals surface area contributed by atoms with Crippen molar-refractivity contribution in [2.75, 3.05) is 33.3 Å². The van der Waals surface area contributed by atoms with Crippen molar-refractivity contribution >= 4 is 27.5 Å². The average molecular weight is 537 g/mol. The van der Waals surface area contributed by atoms with Crippen molar-refractivity contribution in [3.05, 3.63) is 118 Å². The van der Waals surface area contributed by atoms with Crippen molar-refractivity contribution in [3.63, 3.8) is 0 Å². The highest BCUT2D eigenvalue weighted by atomic mass is 32.1. The number of aromatic amines is 1. The predicted octanol–water partition coefficient (Wildman–Crippen LogP) is 5.21. The Morgan fingerprint density at radius 1 is 0.949 bits per heavy atom. The zero-order valence-electron chi connectivity index (χ0n) is 21.5. The number of carbonyl (C=O) groups excluding carboxylic acids is 1. The van der Waals surface area contributed by atoms with E-state index in [4.69, 9.17) is 9.72 Å². The summed E-state index contributed by atoms with van der Waals surface area (Å²) in [6.45, 7) is 2.49. The van der Waals surface area contributed by atoms with Gasteiger partial charge in [0.05, 0.1) is 23.4 Å². The van der Waals surface area contributed by atoms with Crippen molar-refractivity contribution in [2.24, 2.45) is 0 Å². The largest absolute Gasteiger partial charge is 0.497 e. The normalized spacial score (nSPS) is 14.8. The van der Waals surface area contributed by atoms with Crippen molar-refractivity contribution in [2.45, 2.75) is 6.04 Å². The highest BCUT2D eigenvalue weighted by molar-refractivity contribution is 7.21. The number of carbonyl (C=O) groups is 1. The van der Waals surface area contributed by atoms with Gasteiger partial charge in [0.15, 0.2) is 0 Å². The van der Waals surface area contributed by atoms with Gasteiger partial charge in [0.2, 0.25) is 0 Å². The number of piperazine rings is 1. The fourth-order valence-corrected chi connectivity index (χ4v) is 6.17. The molecule has 3 heterocycles. The number of nitrogens with one attached hydrogen (secondary N) is 1. The van der Waals surface area contributed by atoms with E-state index in [2.05, 4.69) is 22.0 Å². The van der Waals surface area contributed by atoms with Crippen molar-refractivity contribution in [3.8, 4) is 16.3 Å². The lowest BCUT2D eigenvalue weighted by Crippen LogP contribution is -2.50. The Kier molecular flexibility index (Phi) is 6.96. The number of nitrogens with zero attached hydrogens (tertiary/aromatic N) is 3. The van der Waals surface area contributed by atoms with E-state index in [9.17, 15) is 9.59 Å². The molecule has 1 amide bonds. The lowest BCUT2D eigenvalue weighted by atomic mass is 9.97. The van der Waals surface area contributed by atoms with Crippen LogP contribution in [0.2, 0.25) is 0 Å². The summed E-state index contributed by atoms with van der Waals surface area (Å²) in [5, 5.41) is 0.872. The third kappa shape index (κ3) is 5.08. The Balaban J connectivity index is 1.20. The van der Waals surface area contributed by atoms with Gasteiger partial charge in [-0.15, -0.1) is 11.3 Å². The Labute approximate surface area is 230 Å². The summed E-state index contributed by atoms with van der Waals surface area (Å²) < 4.78 is 6.39. The van der Waals surface area contributed by atoms with Crippen LogP contribution in [0, 0.1) is 0 Å². The zero-order valence-corrected chi connectivity index (χ0v) is 22.4. The molecule has 1 fully saturated rings. The molecule has 0 aliphatic carbocycles. The lowest BCUT2D eigenvalue weighted by molar-refractivity contribution is 0.0596. The molecule has 0 saturated carbocycles. The van der Waals surface area contributed by atoms with Gasteiger partial charge in [0, 0.05) is 49.1 Å². The molecule has 0 radical (unpaired) electrons. The summed E-state index contributed by atoms with van der Waals surface area (Å²) in [5.41, 5.74) is 4.17. The van der Waals surface area contributed by atoms with Crippen LogP contribution in [0.5, 0.6) is 5.75 Å². The Morgan fingerprint density at radius 3 is 2.54 bits per heavy atom. The summed E-state index contributed by atoms with van der Waals surface area (Å²) >= 11 is 1.59. The van der Waals surface area contributed by atoms with Crippen molar-refractivity contribution in [1.82, 2.24) is 19.8 Å². The van der Waals surface area contributed by atoms with Crippen LogP contribution in [-0.4, -0.2) is 59.0 Å². The first-order chi connectivity index (χ1) is 19.1. The van der Waals surface area contributed by atoms with Crippen LogP contribution in [0.4, 0.5) is 0 Å². The van der Waals surface area contributed by atoms with Gasteiger partial charge in [-0.2, -0.15) is 0 Å². The predicted molar refractivity (Wildman–Crippen MR) is 154 cm³/mol. The van der Waals surface area contributed by atoms with Gasteiger partial charge in [-0.05, 0) is 42.0 Å². The van der Waals surface area contributed by atoms with Crippen LogP contribution in [0.3, 0.4) is 0 Å². The third-order valence-corrected chi connectivity index (χ3v) is 8.24. The number of thiazole rings is 1. The SMILES string of the molecule is COc1ccc2nc(-c3cccc(C(=O)N4CCN(C(c5ccccc5)c5ccc[nH]c5=O)CC4)c3)sc2c1. The number of amides is 1. The van der Waals surface area contributed by atoms with Gasteiger partial charge < -0.3 is 14.6 Å². The van der Waals surface area contributed by atoms with E-state index in [1.807, 2.05) is 77.7 Å². The van der Waals surface area contributed by atoms with Gasteiger partial charge in [-0.25, -0.2) is 4.98 Å². The molecular formula is C31H28N4O3S. The molecule has 196 valence electrons. The molecule has 1 atom stereocenters. The molecule has 0 bridgehead atoms. The molecule has 1 N–H and O–H groups in total.